The fourth-order valence-corrected chi connectivity index (χ4v) is 1.94. The summed E-state index contributed by atoms with van der Waals surface area (Å²) in [5.74, 6) is 1.78. The normalized spacial score (nSPS) is 11.2. The maximum atomic E-state index is 8.86. The molecule has 0 amide bonds. The highest BCUT2D eigenvalue weighted by molar-refractivity contribution is 5.99. The van der Waals surface area contributed by atoms with Crippen LogP contribution in [0.2, 0.25) is 0 Å². The van der Waals surface area contributed by atoms with Gasteiger partial charge in [-0.1, -0.05) is 24.2 Å². The molecule has 3 N–H and O–H groups in total. The van der Waals surface area contributed by atoms with Gasteiger partial charge in [-0.25, -0.2) is 0 Å². The average molecular weight is 286 g/mol. The van der Waals surface area contributed by atoms with Gasteiger partial charge in [0.15, 0.2) is 5.84 Å². The van der Waals surface area contributed by atoms with Crippen molar-refractivity contribution in [3.8, 4) is 17.2 Å². The second-order valence-corrected chi connectivity index (χ2v) is 4.45. The molecule has 21 heavy (non-hydrogen) atoms. The van der Waals surface area contributed by atoms with Gasteiger partial charge >= 0.3 is 0 Å². The first kappa shape index (κ1) is 14.7. The van der Waals surface area contributed by atoms with Crippen molar-refractivity contribution < 1.29 is 14.7 Å². The summed E-state index contributed by atoms with van der Waals surface area (Å²) in [7, 11) is 1.57. The van der Waals surface area contributed by atoms with E-state index in [9.17, 15) is 0 Å². The van der Waals surface area contributed by atoms with Gasteiger partial charge in [0.2, 0.25) is 0 Å². The van der Waals surface area contributed by atoms with Crippen LogP contribution in [0.4, 0.5) is 0 Å². The molecule has 0 radical (unpaired) electrons. The predicted octanol–water partition coefficient (Wildman–Crippen LogP) is 3.14. The lowest BCUT2D eigenvalue weighted by Crippen LogP contribution is -2.14. The van der Waals surface area contributed by atoms with E-state index in [0.29, 0.717) is 22.8 Å². The smallest absolute Gasteiger partial charge is 0.173 e. The van der Waals surface area contributed by atoms with Crippen LogP contribution in [0.15, 0.2) is 47.6 Å². The van der Waals surface area contributed by atoms with Gasteiger partial charge in [0, 0.05) is 6.07 Å². The zero-order valence-corrected chi connectivity index (χ0v) is 12.0. The van der Waals surface area contributed by atoms with E-state index in [1.165, 1.54) is 5.56 Å². The van der Waals surface area contributed by atoms with E-state index in [1.54, 1.807) is 25.3 Å². The van der Waals surface area contributed by atoms with E-state index in [2.05, 4.69) is 12.1 Å². The number of hydrogen-bond acceptors (Lipinski definition) is 4. The number of nitrogens with two attached hydrogens (primary N) is 1. The Labute approximate surface area is 123 Å². The number of oxime groups is 1. The SMILES string of the molecule is CCc1cccc(Oc2cc(OC)ccc2/C(N)=N/O)c1. The van der Waals surface area contributed by atoms with Crippen molar-refractivity contribution in [2.24, 2.45) is 10.9 Å². The van der Waals surface area contributed by atoms with Gasteiger partial charge in [0.1, 0.15) is 17.2 Å². The number of methoxy groups -OCH3 is 1. The highest BCUT2D eigenvalue weighted by atomic mass is 16.5. The Morgan fingerprint density at radius 2 is 2.00 bits per heavy atom. The molecule has 2 aromatic rings. The van der Waals surface area contributed by atoms with Crippen molar-refractivity contribution in [1.29, 1.82) is 0 Å². The van der Waals surface area contributed by atoms with Crippen molar-refractivity contribution in [2.45, 2.75) is 13.3 Å². The summed E-state index contributed by atoms with van der Waals surface area (Å²) in [4.78, 5) is 0. The summed E-state index contributed by atoms with van der Waals surface area (Å²) < 4.78 is 11.0. The largest absolute Gasteiger partial charge is 0.497 e. The lowest BCUT2D eigenvalue weighted by Gasteiger charge is -2.12. The number of nitrogens with zero attached hydrogens (tertiary/aromatic N) is 1. The molecule has 0 bridgehead atoms. The lowest BCUT2D eigenvalue weighted by atomic mass is 10.1. The van der Waals surface area contributed by atoms with Gasteiger partial charge in [-0.3, -0.25) is 0 Å². The molecular formula is C16H18N2O3. The van der Waals surface area contributed by atoms with Crippen molar-refractivity contribution >= 4 is 5.84 Å². The third kappa shape index (κ3) is 3.45. The Kier molecular flexibility index (Phi) is 4.66. The van der Waals surface area contributed by atoms with Crippen molar-refractivity contribution in [2.75, 3.05) is 7.11 Å². The molecule has 110 valence electrons. The topological polar surface area (TPSA) is 77.1 Å². The molecule has 0 heterocycles. The minimum Gasteiger partial charge on any atom is -0.497 e. The van der Waals surface area contributed by atoms with Crippen molar-refractivity contribution in [3.63, 3.8) is 0 Å². The molecule has 2 aromatic carbocycles. The highest BCUT2D eigenvalue weighted by Crippen LogP contribution is 2.29. The second kappa shape index (κ2) is 6.65. The van der Waals surface area contributed by atoms with Crippen LogP contribution in [0.25, 0.3) is 0 Å². The van der Waals surface area contributed by atoms with Gasteiger partial charge < -0.3 is 20.4 Å². The van der Waals surface area contributed by atoms with Gasteiger partial charge in [-0.05, 0) is 36.2 Å². The molecule has 2 rings (SSSR count). The van der Waals surface area contributed by atoms with Crippen LogP contribution < -0.4 is 15.2 Å². The van der Waals surface area contributed by atoms with Crippen molar-refractivity contribution in [3.05, 3.63) is 53.6 Å². The standard InChI is InChI=1S/C16H18N2O3/c1-3-11-5-4-6-13(9-11)21-15-10-12(20-2)7-8-14(15)16(17)18-19/h4-10,19H,3H2,1-2H3,(H2,17,18). The van der Waals surface area contributed by atoms with E-state index in [0.717, 1.165) is 6.42 Å². The Hall–Kier alpha value is -2.69. The first-order valence-electron chi connectivity index (χ1n) is 6.60. The van der Waals surface area contributed by atoms with E-state index < -0.39 is 0 Å². The molecule has 0 aliphatic heterocycles. The van der Waals surface area contributed by atoms with E-state index >= 15 is 0 Å². The molecule has 5 heteroatoms. The predicted molar refractivity (Wildman–Crippen MR) is 81.4 cm³/mol. The minimum atomic E-state index is -0.0145. The van der Waals surface area contributed by atoms with Gasteiger partial charge in [0.25, 0.3) is 0 Å². The Morgan fingerprint density at radius 3 is 2.67 bits per heavy atom. The quantitative estimate of drug-likeness (QED) is 0.383. The molecule has 0 atom stereocenters. The van der Waals surface area contributed by atoms with Crippen molar-refractivity contribution in [1.82, 2.24) is 0 Å². The first-order valence-corrected chi connectivity index (χ1v) is 6.60. The molecule has 0 saturated carbocycles. The fraction of sp³-hybridized carbons (Fsp3) is 0.188. The molecular weight excluding hydrogens is 268 g/mol. The third-order valence-corrected chi connectivity index (χ3v) is 3.11. The third-order valence-electron chi connectivity index (χ3n) is 3.11. The van der Waals surface area contributed by atoms with Gasteiger partial charge in [0.05, 0.1) is 12.7 Å². The van der Waals surface area contributed by atoms with E-state index in [1.807, 2.05) is 24.3 Å². The molecule has 0 spiro atoms. The summed E-state index contributed by atoms with van der Waals surface area (Å²) in [6.07, 6.45) is 0.919. The number of benzene rings is 2. The summed E-state index contributed by atoms with van der Waals surface area (Å²) >= 11 is 0. The van der Waals surface area contributed by atoms with Crippen LogP contribution in [0.5, 0.6) is 17.2 Å². The minimum absolute atomic E-state index is 0.0145. The van der Waals surface area contributed by atoms with Crippen LogP contribution >= 0.6 is 0 Å². The Balaban J connectivity index is 2.40. The van der Waals surface area contributed by atoms with Gasteiger partial charge in [-0.15, -0.1) is 0 Å². The summed E-state index contributed by atoms with van der Waals surface area (Å²) in [6, 6.07) is 12.9. The summed E-state index contributed by atoms with van der Waals surface area (Å²) in [6.45, 7) is 2.08. The molecule has 0 fully saturated rings. The number of amidine groups is 1. The summed E-state index contributed by atoms with van der Waals surface area (Å²) in [5, 5.41) is 11.9. The molecule has 0 unspecified atom stereocenters. The number of rotatable bonds is 5. The zero-order chi connectivity index (χ0) is 15.2. The van der Waals surface area contributed by atoms with Crippen LogP contribution in [-0.4, -0.2) is 18.2 Å². The monoisotopic (exact) mass is 286 g/mol. The van der Waals surface area contributed by atoms with E-state index in [-0.39, 0.29) is 5.84 Å². The van der Waals surface area contributed by atoms with E-state index in [4.69, 9.17) is 20.4 Å². The Morgan fingerprint density at radius 1 is 1.19 bits per heavy atom. The number of hydrogen-bond donors (Lipinski definition) is 2. The second-order valence-electron chi connectivity index (χ2n) is 4.45. The maximum absolute atomic E-state index is 8.86. The zero-order valence-electron chi connectivity index (χ0n) is 12.0. The number of ether oxygens (including phenoxy) is 2. The lowest BCUT2D eigenvalue weighted by molar-refractivity contribution is 0.318. The highest BCUT2D eigenvalue weighted by Gasteiger charge is 2.11. The maximum Gasteiger partial charge on any atom is 0.173 e. The fourth-order valence-electron chi connectivity index (χ4n) is 1.94. The average Bonchev–Trinajstić information content (AvgIpc) is 2.54. The molecule has 0 aromatic heterocycles. The van der Waals surface area contributed by atoms with Crippen LogP contribution in [0, 0.1) is 0 Å². The number of aryl methyl sites for hydroxylation is 1. The molecule has 5 nitrogen and oxygen atoms in total. The molecule has 0 saturated heterocycles. The Bertz CT molecular complexity index is 654. The van der Waals surface area contributed by atoms with Crippen LogP contribution in [0.1, 0.15) is 18.1 Å². The molecule has 0 aliphatic rings. The van der Waals surface area contributed by atoms with Crippen LogP contribution in [0.3, 0.4) is 0 Å². The van der Waals surface area contributed by atoms with Crippen LogP contribution in [-0.2, 0) is 6.42 Å². The first-order chi connectivity index (χ1) is 10.2. The van der Waals surface area contributed by atoms with Gasteiger partial charge in [-0.2, -0.15) is 0 Å². The molecule has 0 aliphatic carbocycles. The summed E-state index contributed by atoms with van der Waals surface area (Å²) in [5.41, 5.74) is 7.34.